The fourth-order valence-corrected chi connectivity index (χ4v) is 1.70. The first-order chi connectivity index (χ1) is 9.19. The molecular weight excluding hydrogens is 252 g/mol. The van der Waals surface area contributed by atoms with Crippen LogP contribution >= 0.6 is 0 Å². The van der Waals surface area contributed by atoms with Crippen molar-refractivity contribution in [3.63, 3.8) is 0 Å². The maximum absolute atomic E-state index is 10.6. The van der Waals surface area contributed by atoms with E-state index >= 15 is 0 Å². The van der Waals surface area contributed by atoms with Crippen LogP contribution in [0.1, 0.15) is 40.2 Å². The average Bonchev–Trinajstić information content (AvgIpc) is 2.33. The van der Waals surface area contributed by atoms with E-state index in [1.54, 1.807) is 24.3 Å². The van der Waals surface area contributed by atoms with Crippen molar-refractivity contribution >= 4 is 11.8 Å². The SMILES string of the molecule is CC(C)C(=Cc1ccc([N+](=O)[O-])cc1)CNC(C)(C)C. The Hall–Kier alpha value is -1.68. The molecular formula is C16H24N2O2. The van der Waals surface area contributed by atoms with Gasteiger partial charge in [-0.25, -0.2) is 0 Å². The fraction of sp³-hybridized carbons (Fsp3) is 0.500. The van der Waals surface area contributed by atoms with E-state index in [9.17, 15) is 10.1 Å². The molecule has 0 atom stereocenters. The lowest BCUT2D eigenvalue weighted by molar-refractivity contribution is -0.384. The topological polar surface area (TPSA) is 55.2 Å². The van der Waals surface area contributed by atoms with Crippen LogP contribution in [0.3, 0.4) is 0 Å². The maximum atomic E-state index is 10.6. The molecule has 0 radical (unpaired) electrons. The van der Waals surface area contributed by atoms with Gasteiger partial charge in [0.15, 0.2) is 0 Å². The van der Waals surface area contributed by atoms with Gasteiger partial charge in [0.1, 0.15) is 0 Å². The van der Waals surface area contributed by atoms with Gasteiger partial charge >= 0.3 is 0 Å². The van der Waals surface area contributed by atoms with Crippen molar-refractivity contribution in [3.8, 4) is 0 Å². The lowest BCUT2D eigenvalue weighted by atomic mass is 9.98. The first kappa shape index (κ1) is 16.4. The monoisotopic (exact) mass is 276 g/mol. The van der Waals surface area contributed by atoms with E-state index in [4.69, 9.17) is 0 Å². The minimum atomic E-state index is -0.377. The van der Waals surface area contributed by atoms with Crippen LogP contribution in [0, 0.1) is 16.0 Å². The minimum absolute atomic E-state index is 0.0729. The van der Waals surface area contributed by atoms with Crippen LogP contribution in [0.5, 0.6) is 0 Å². The summed E-state index contributed by atoms with van der Waals surface area (Å²) in [6.45, 7) is 11.5. The molecule has 110 valence electrons. The Kier molecular flexibility index (Phi) is 5.45. The molecule has 4 nitrogen and oxygen atoms in total. The van der Waals surface area contributed by atoms with Crippen LogP contribution in [0.4, 0.5) is 5.69 Å². The number of nitrogens with zero attached hydrogens (tertiary/aromatic N) is 1. The lowest BCUT2D eigenvalue weighted by Crippen LogP contribution is -2.37. The quantitative estimate of drug-likeness (QED) is 0.652. The highest BCUT2D eigenvalue weighted by molar-refractivity contribution is 5.55. The van der Waals surface area contributed by atoms with Gasteiger partial charge in [0, 0.05) is 24.2 Å². The summed E-state index contributed by atoms with van der Waals surface area (Å²) >= 11 is 0. The summed E-state index contributed by atoms with van der Waals surface area (Å²) < 4.78 is 0. The van der Waals surface area contributed by atoms with E-state index in [1.165, 1.54) is 5.57 Å². The third kappa shape index (κ3) is 5.53. The smallest absolute Gasteiger partial charge is 0.269 e. The number of hydrogen-bond donors (Lipinski definition) is 1. The Bertz CT molecular complexity index is 482. The Labute approximate surface area is 121 Å². The molecule has 1 aromatic carbocycles. The second-order valence-corrected chi connectivity index (χ2v) is 6.33. The molecule has 20 heavy (non-hydrogen) atoms. The number of nitro benzene ring substituents is 1. The normalized spacial score (nSPS) is 12.8. The summed E-state index contributed by atoms with van der Waals surface area (Å²) in [6, 6.07) is 6.66. The van der Waals surface area contributed by atoms with Crippen molar-refractivity contribution in [3.05, 3.63) is 45.5 Å². The standard InChI is InChI=1S/C16H24N2O2/c1-12(2)14(11-17-16(3,4)5)10-13-6-8-15(9-7-13)18(19)20/h6-10,12,17H,11H2,1-5H3. The van der Waals surface area contributed by atoms with Gasteiger partial charge in [0.05, 0.1) is 4.92 Å². The predicted molar refractivity (Wildman–Crippen MR) is 83.7 cm³/mol. The molecule has 0 aromatic heterocycles. The second-order valence-electron chi connectivity index (χ2n) is 6.33. The second kappa shape index (κ2) is 6.66. The molecule has 0 saturated heterocycles. The number of hydrogen-bond acceptors (Lipinski definition) is 3. The van der Waals surface area contributed by atoms with Gasteiger partial charge in [-0.15, -0.1) is 0 Å². The highest BCUT2D eigenvalue weighted by Crippen LogP contribution is 2.18. The van der Waals surface area contributed by atoms with Crippen LogP contribution in [-0.2, 0) is 0 Å². The zero-order chi connectivity index (χ0) is 15.3. The Balaban J connectivity index is 2.88. The zero-order valence-electron chi connectivity index (χ0n) is 12.9. The van der Waals surface area contributed by atoms with E-state index in [0.717, 1.165) is 12.1 Å². The molecule has 0 saturated carbocycles. The lowest BCUT2D eigenvalue weighted by Gasteiger charge is -2.23. The van der Waals surface area contributed by atoms with Gasteiger partial charge in [-0.2, -0.15) is 0 Å². The highest BCUT2D eigenvalue weighted by Gasteiger charge is 2.11. The molecule has 0 aliphatic carbocycles. The van der Waals surface area contributed by atoms with Gasteiger partial charge in [-0.3, -0.25) is 10.1 Å². The van der Waals surface area contributed by atoms with Crippen molar-refractivity contribution in [1.82, 2.24) is 5.32 Å². The summed E-state index contributed by atoms with van der Waals surface area (Å²) in [5.74, 6) is 0.431. The Morgan fingerprint density at radius 1 is 1.30 bits per heavy atom. The van der Waals surface area contributed by atoms with Crippen LogP contribution < -0.4 is 5.32 Å². The van der Waals surface area contributed by atoms with Crippen LogP contribution in [0.2, 0.25) is 0 Å². The zero-order valence-corrected chi connectivity index (χ0v) is 12.9. The fourth-order valence-electron chi connectivity index (χ4n) is 1.70. The Morgan fingerprint density at radius 2 is 1.85 bits per heavy atom. The summed E-state index contributed by atoms with van der Waals surface area (Å²) in [4.78, 5) is 10.3. The minimum Gasteiger partial charge on any atom is -0.308 e. The molecule has 1 N–H and O–H groups in total. The van der Waals surface area contributed by atoms with Crippen LogP contribution in [0.15, 0.2) is 29.8 Å². The van der Waals surface area contributed by atoms with Crippen molar-refractivity contribution in [2.75, 3.05) is 6.54 Å². The van der Waals surface area contributed by atoms with Crippen molar-refractivity contribution in [2.24, 2.45) is 5.92 Å². The average molecular weight is 276 g/mol. The molecule has 0 fully saturated rings. The molecule has 0 amide bonds. The van der Waals surface area contributed by atoms with Crippen molar-refractivity contribution in [2.45, 2.75) is 40.2 Å². The maximum Gasteiger partial charge on any atom is 0.269 e. The largest absolute Gasteiger partial charge is 0.308 e. The van der Waals surface area contributed by atoms with E-state index in [-0.39, 0.29) is 16.1 Å². The third-order valence-electron chi connectivity index (χ3n) is 3.02. The van der Waals surface area contributed by atoms with Gasteiger partial charge in [0.25, 0.3) is 5.69 Å². The number of nitro groups is 1. The third-order valence-corrected chi connectivity index (χ3v) is 3.02. The predicted octanol–water partition coefficient (Wildman–Crippen LogP) is 4.02. The summed E-state index contributed by atoms with van der Waals surface area (Å²) in [7, 11) is 0. The van der Waals surface area contributed by atoms with Gasteiger partial charge in [-0.1, -0.05) is 25.5 Å². The van der Waals surface area contributed by atoms with Crippen LogP contribution in [-0.4, -0.2) is 17.0 Å². The molecule has 0 heterocycles. The molecule has 1 rings (SSSR count). The van der Waals surface area contributed by atoms with E-state index < -0.39 is 0 Å². The van der Waals surface area contributed by atoms with Gasteiger partial charge in [0.2, 0.25) is 0 Å². The first-order valence-electron chi connectivity index (χ1n) is 6.89. The molecule has 1 aromatic rings. The first-order valence-corrected chi connectivity index (χ1v) is 6.89. The van der Waals surface area contributed by atoms with Crippen LogP contribution in [0.25, 0.3) is 6.08 Å². The van der Waals surface area contributed by atoms with Gasteiger partial charge < -0.3 is 5.32 Å². The molecule has 0 spiro atoms. The number of non-ortho nitro benzene ring substituents is 1. The molecule has 0 aliphatic heterocycles. The highest BCUT2D eigenvalue weighted by atomic mass is 16.6. The van der Waals surface area contributed by atoms with Crippen molar-refractivity contribution < 1.29 is 4.92 Å². The molecule has 0 aliphatic rings. The summed E-state index contributed by atoms with van der Waals surface area (Å²) in [6.07, 6.45) is 2.10. The van der Waals surface area contributed by atoms with Crippen molar-refractivity contribution in [1.29, 1.82) is 0 Å². The number of nitrogens with one attached hydrogen (secondary N) is 1. The number of rotatable bonds is 5. The molecule has 0 bridgehead atoms. The van der Waals surface area contributed by atoms with E-state index in [2.05, 4.69) is 46.0 Å². The Morgan fingerprint density at radius 3 is 2.25 bits per heavy atom. The number of benzene rings is 1. The summed E-state index contributed by atoms with van der Waals surface area (Å²) in [5.41, 5.74) is 2.48. The van der Waals surface area contributed by atoms with E-state index in [0.29, 0.717) is 5.92 Å². The van der Waals surface area contributed by atoms with Gasteiger partial charge in [-0.05, 0) is 44.4 Å². The van der Waals surface area contributed by atoms with E-state index in [1.807, 2.05) is 0 Å². The summed E-state index contributed by atoms with van der Waals surface area (Å²) in [5, 5.41) is 14.1. The molecule has 0 unspecified atom stereocenters. The molecule has 4 heteroatoms.